The highest BCUT2D eigenvalue weighted by Gasteiger charge is 2.25. The molecule has 0 aliphatic heterocycles. The van der Waals surface area contributed by atoms with Gasteiger partial charge in [-0.05, 0) is 19.8 Å². The van der Waals surface area contributed by atoms with Crippen LogP contribution in [0.5, 0.6) is 0 Å². The Kier molecular flexibility index (Phi) is 3.76. The number of nitrogens with one attached hydrogen (secondary N) is 1. The van der Waals surface area contributed by atoms with E-state index >= 15 is 0 Å². The first kappa shape index (κ1) is 12.8. The average Bonchev–Trinajstić information content (AvgIpc) is 2.32. The molecule has 98 valence electrons. The maximum absolute atomic E-state index is 11.1. The first-order valence-electron chi connectivity index (χ1n) is 6.09. The molecule has 1 fully saturated rings. The lowest BCUT2D eigenvalue weighted by molar-refractivity contribution is 0.0696. The van der Waals surface area contributed by atoms with Crippen LogP contribution in [0.4, 0.5) is 5.82 Å². The zero-order valence-corrected chi connectivity index (χ0v) is 10.3. The largest absolute Gasteiger partial charge is 0.477 e. The molecule has 1 aliphatic carbocycles. The van der Waals surface area contributed by atoms with Crippen molar-refractivity contribution in [3.63, 3.8) is 0 Å². The zero-order valence-electron chi connectivity index (χ0n) is 10.3. The van der Waals surface area contributed by atoms with Crippen molar-refractivity contribution in [2.75, 3.05) is 5.32 Å². The number of nitrogens with zero attached hydrogens (tertiary/aromatic N) is 2. The summed E-state index contributed by atoms with van der Waals surface area (Å²) in [6.45, 7) is 1.70. The van der Waals surface area contributed by atoms with Crippen molar-refractivity contribution < 1.29 is 15.0 Å². The van der Waals surface area contributed by atoms with E-state index in [1.165, 1.54) is 6.20 Å². The second kappa shape index (κ2) is 5.30. The van der Waals surface area contributed by atoms with E-state index in [9.17, 15) is 9.90 Å². The van der Waals surface area contributed by atoms with Gasteiger partial charge >= 0.3 is 5.97 Å². The van der Waals surface area contributed by atoms with E-state index in [1.807, 2.05) is 0 Å². The monoisotopic (exact) mass is 251 g/mol. The number of hydrogen-bond acceptors (Lipinski definition) is 5. The topological polar surface area (TPSA) is 95.3 Å². The van der Waals surface area contributed by atoms with Crippen molar-refractivity contribution in [1.82, 2.24) is 9.97 Å². The number of aryl methyl sites for hydroxylation is 1. The van der Waals surface area contributed by atoms with E-state index in [1.54, 1.807) is 6.92 Å². The van der Waals surface area contributed by atoms with E-state index in [0.29, 0.717) is 11.6 Å². The highest BCUT2D eigenvalue weighted by molar-refractivity contribution is 5.92. The van der Waals surface area contributed by atoms with Crippen LogP contribution in [0.1, 0.15) is 41.9 Å². The number of carboxylic acid groups (broad SMARTS) is 1. The number of carbonyl (C=O) groups is 1. The summed E-state index contributed by atoms with van der Waals surface area (Å²) < 4.78 is 0. The van der Waals surface area contributed by atoms with E-state index in [-0.39, 0.29) is 11.6 Å². The zero-order chi connectivity index (χ0) is 13.1. The molecule has 0 spiro atoms. The molecule has 0 saturated heterocycles. The minimum Gasteiger partial charge on any atom is -0.477 e. The third-order valence-corrected chi connectivity index (χ3v) is 3.19. The molecule has 1 aliphatic rings. The van der Waals surface area contributed by atoms with Gasteiger partial charge in [0.25, 0.3) is 0 Å². The van der Waals surface area contributed by atoms with Crippen LogP contribution in [-0.4, -0.2) is 38.3 Å². The Labute approximate surface area is 105 Å². The summed E-state index contributed by atoms with van der Waals surface area (Å²) >= 11 is 0. The van der Waals surface area contributed by atoms with Crippen molar-refractivity contribution in [1.29, 1.82) is 0 Å². The minimum absolute atomic E-state index is 0.0402. The van der Waals surface area contributed by atoms with Gasteiger partial charge in [0.2, 0.25) is 0 Å². The Hall–Kier alpha value is -1.69. The average molecular weight is 251 g/mol. The molecule has 2 rings (SSSR count). The van der Waals surface area contributed by atoms with Crippen LogP contribution in [0.25, 0.3) is 0 Å². The van der Waals surface area contributed by atoms with Crippen LogP contribution in [-0.2, 0) is 0 Å². The van der Waals surface area contributed by atoms with Gasteiger partial charge in [0, 0.05) is 6.20 Å². The van der Waals surface area contributed by atoms with Gasteiger partial charge in [0.15, 0.2) is 0 Å². The third kappa shape index (κ3) is 2.76. The summed E-state index contributed by atoms with van der Waals surface area (Å²) in [5, 5.41) is 22.0. The first-order chi connectivity index (χ1) is 8.58. The maximum atomic E-state index is 11.1. The predicted octanol–water partition coefficient (Wildman–Crippen LogP) is 1.20. The molecule has 0 bridgehead atoms. The number of aliphatic hydroxyl groups is 1. The number of hydrogen-bond donors (Lipinski definition) is 3. The van der Waals surface area contributed by atoms with Gasteiger partial charge in [-0.2, -0.15) is 0 Å². The van der Waals surface area contributed by atoms with Crippen LogP contribution >= 0.6 is 0 Å². The number of aromatic carboxylic acids is 1. The van der Waals surface area contributed by atoms with Crippen molar-refractivity contribution in [3.8, 4) is 0 Å². The standard InChI is InChI=1S/C12H17N3O3/c1-7-13-6-8(12(17)18)11(14-7)15-9-4-2-3-5-10(9)16/h6,9-10,16H,2-5H2,1H3,(H,17,18)(H,13,14,15). The van der Waals surface area contributed by atoms with Gasteiger partial charge in [0.1, 0.15) is 17.2 Å². The Morgan fingerprint density at radius 3 is 2.83 bits per heavy atom. The van der Waals surface area contributed by atoms with Gasteiger partial charge in [-0.15, -0.1) is 0 Å². The van der Waals surface area contributed by atoms with Gasteiger partial charge < -0.3 is 15.5 Å². The SMILES string of the molecule is Cc1ncc(C(=O)O)c(NC2CCCCC2O)n1. The molecular weight excluding hydrogens is 234 g/mol. The molecule has 0 aromatic carbocycles. The van der Waals surface area contributed by atoms with Crippen LogP contribution in [0.2, 0.25) is 0 Å². The fourth-order valence-electron chi connectivity index (χ4n) is 2.19. The maximum Gasteiger partial charge on any atom is 0.341 e. The first-order valence-corrected chi connectivity index (χ1v) is 6.09. The molecule has 1 aromatic heterocycles. The van der Waals surface area contributed by atoms with Gasteiger partial charge in [-0.1, -0.05) is 12.8 Å². The van der Waals surface area contributed by atoms with Gasteiger partial charge in [-0.25, -0.2) is 14.8 Å². The van der Waals surface area contributed by atoms with Crippen molar-refractivity contribution in [2.45, 2.75) is 44.8 Å². The summed E-state index contributed by atoms with van der Waals surface area (Å²) in [5.74, 6) is -0.267. The summed E-state index contributed by atoms with van der Waals surface area (Å²) in [5.41, 5.74) is 0.0402. The Bertz CT molecular complexity index is 450. The summed E-state index contributed by atoms with van der Waals surface area (Å²) in [7, 11) is 0. The van der Waals surface area contributed by atoms with E-state index < -0.39 is 12.1 Å². The minimum atomic E-state index is -1.07. The smallest absolute Gasteiger partial charge is 0.341 e. The molecule has 1 aromatic rings. The van der Waals surface area contributed by atoms with E-state index in [0.717, 1.165) is 25.7 Å². The number of anilines is 1. The number of rotatable bonds is 3. The molecule has 6 nitrogen and oxygen atoms in total. The second-order valence-corrected chi connectivity index (χ2v) is 4.59. The summed E-state index contributed by atoms with van der Waals surface area (Å²) in [4.78, 5) is 19.1. The lowest BCUT2D eigenvalue weighted by atomic mass is 9.92. The van der Waals surface area contributed by atoms with Crippen LogP contribution < -0.4 is 5.32 Å². The van der Waals surface area contributed by atoms with Gasteiger partial charge in [-0.3, -0.25) is 0 Å². The highest BCUT2D eigenvalue weighted by Crippen LogP contribution is 2.23. The molecule has 6 heteroatoms. The molecule has 3 N–H and O–H groups in total. The van der Waals surface area contributed by atoms with Crippen molar-refractivity contribution >= 4 is 11.8 Å². The highest BCUT2D eigenvalue weighted by atomic mass is 16.4. The van der Waals surface area contributed by atoms with Crippen LogP contribution in [0, 0.1) is 6.92 Å². The second-order valence-electron chi connectivity index (χ2n) is 4.59. The Balaban J connectivity index is 2.21. The van der Waals surface area contributed by atoms with E-state index in [4.69, 9.17) is 5.11 Å². The number of aromatic nitrogens is 2. The molecule has 0 radical (unpaired) electrons. The molecular formula is C12H17N3O3. The number of carboxylic acids is 1. The molecule has 1 heterocycles. The molecule has 2 unspecified atom stereocenters. The fraction of sp³-hybridized carbons (Fsp3) is 0.583. The normalized spacial score (nSPS) is 23.7. The molecule has 2 atom stereocenters. The summed E-state index contributed by atoms with van der Waals surface area (Å²) in [6.07, 6.45) is 4.45. The predicted molar refractivity (Wildman–Crippen MR) is 65.6 cm³/mol. The van der Waals surface area contributed by atoms with Crippen LogP contribution in [0.3, 0.4) is 0 Å². The molecule has 18 heavy (non-hydrogen) atoms. The van der Waals surface area contributed by atoms with Crippen molar-refractivity contribution in [2.24, 2.45) is 0 Å². The van der Waals surface area contributed by atoms with Crippen LogP contribution in [0.15, 0.2) is 6.20 Å². The van der Waals surface area contributed by atoms with E-state index in [2.05, 4.69) is 15.3 Å². The molecule has 0 amide bonds. The molecule has 1 saturated carbocycles. The lowest BCUT2D eigenvalue weighted by Crippen LogP contribution is -2.37. The van der Waals surface area contributed by atoms with Crippen molar-refractivity contribution in [3.05, 3.63) is 17.6 Å². The lowest BCUT2D eigenvalue weighted by Gasteiger charge is -2.29. The number of aliphatic hydroxyl groups excluding tert-OH is 1. The third-order valence-electron chi connectivity index (χ3n) is 3.19. The Morgan fingerprint density at radius 1 is 1.44 bits per heavy atom. The van der Waals surface area contributed by atoms with Gasteiger partial charge in [0.05, 0.1) is 12.1 Å². The quantitative estimate of drug-likeness (QED) is 0.747. The Morgan fingerprint density at radius 2 is 2.17 bits per heavy atom. The fourth-order valence-corrected chi connectivity index (χ4v) is 2.19. The summed E-state index contributed by atoms with van der Waals surface area (Å²) in [6, 6.07) is -0.133.